The minimum atomic E-state index is 0. The summed E-state index contributed by atoms with van der Waals surface area (Å²) in [6.07, 6.45) is 4.21. The topological polar surface area (TPSA) is 56.0 Å². The summed E-state index contributed by atoms with van der Waals surface area (Å²) >= 11 is 0. The molecule has 0 atom stereocenters. The SMILES string of the molecule is CN=C(NCCN1CCC(N(C)C)CC1)NCc1ccco1.I. The molecule has 0 amide bonds. The Balaban J connectivity index is 0.00000264. The number of hydrogen-bond donors (Lipinski definition) is 2. The molecule has 1 aliphatic heterocycles. The third kappa shape index (κ3) is 7.09. The largest absolute Gasteiger partial charge is 0.467 e. The average molecular weight is 435 g/mol. The number of nitrogens with one attached hydrogen (secondary N) is 2. The molecule has 0 spiro atoms. The lowest BCUT2D eigenvalue weighted by Gasteiger charge is -2.35. The fourth-order valence-electron chi connectivity index (χ4n) is 2.80. The van der Waals surface area contributed by atoms with Crippen molar-refractivity contribution in [2.45, 2.75) is 25.4 Å². The molecule has 0 unspecified atom stereocenters. The van der Waals surface area contributed by atoms with E-state index in [2.05, 4.69) is 39.5 Å². The lowest BCUT2D eigenvalue weighted by molar-refractivity contribution is 0.146. The van der Waals surface area contributed by atoms with Gasteiger partial charge in [0.05, 0.1) is 12.8 Å². The lowest BCUT2D eigenvalue weighted by Crippen LogP contribution is -2.46. The summed E-state index contributed by atoms with van der Waals surface area (Å²) in [5, 5.41) is 6.61. The van der Waals surface area contributed by atoms with Gasteiger partial charge in [-0.2, -0.15) is 0 Å². The van der Waals surface area contributed by atoms with Crippen molar-refractivity contribution in [2.75, 3.05) is 47.3 Å². The molecule has 0 radical (unpaired) electrons. The van der Waals surface area contributed by atoms with Crippen molar-refractivity contribution in [3.63, 3.8) is 0 Å². The summed E-state index contributed by atoms with van der Waals surface area (Å²) in [5.41, 5.74) is 0. The van der Waals surface area contributed by atoms with Crippen molar-refractivity contribution in [3.05, 3.63) is 24.2 Å². The van der Waals surface area contributed by atoms with Crippen LogP contribution in [0.3, 0.4) is 0 Å². The second-order valence-corrected chi connectivity index (χ2v) is 5.97. The first-order valence-corrected chi connectivity index (χ1v) is 8.04. The van der Waals surface area contributed by atoms with Crippen LogP contribution in [0.15, 0.2) is 27.8 Å². The van der Waals surface area contributed by atoms with E-state index in [-0.39, 0.29) is 24.0 Å². The normalized spacial score (nSPS) is 17.1. The summed E-state index contributed by atoms with van der Waals surface area (Å²) in [5.74, 6) is 1.73. The fraction of sp³-hybridized carbons (Fsp3) is 0.688. The second kappa shape index (κ2) is 10.9. The number of guanidine groups is 1. The first-order chi connectivity index (χ1) is 10.7. The summed E-state index contributed by atoms with van der Waals surface area (Å²) in [4.78, 5) is 9.10. The maximum Gasteiger partial charge on any atom is 0.191 e. The van der Waals surface area contributed by atoms with E-state index < -0.39 is 0 Å². The average Bonchev–Trinajstić information content (AvgIpc) is 3.04. The number of furan rings is 1. The quantitative estimate of drug-likeness (QED) is 0.404. The Morgan fingerprint density at radius 2 is 2.09 bits per heavy atom. The van der Waals surface area contributed by atoms with Gasteiger partial charge in [-0.3, -0.25) is 4.99 Å². The van der Waals surface area contributed by atoms with Crippen molar-refractivity contribution < 1.29 is 4.42 Å². The van der Waals surface area contributed by atoms with Crippen LogP contribution in [0, 0.1) is 0 Å². The van der Waals surface area contributed by atoms with Crippen LogP contribution in [0.2, 0.25) is 0 Å². The Hall–Kier alpha value is -0.800. The molecule has 0 bridgehead atoms. The van der Waals surface area contributed by atoms with Crippen LogP contribution in [-0.4, -0.2) is 69.1 Å². The third-order valence-corrected chi connectivity index (χ3v) is 4.24. The molecular weight excluding hydrogens is 405 g/mol. The molecule has 23 heavy (non-hydrogen) atoms. The van der Waals surface area contributed by atoms with Crippen molar-refractivity contribution >= 4 is 29.9 Å². The van der Waals surface area contributed by atoms with Crippen molar-refractivity contribution in [1.29, 1.82) is 0 Å². The van der Waals surface area contributed by atoms with E-state index in [1.165, 1.54) is 25.9 Å². The van der Waals surface area contributed by atoms with Crippen molar-refractivity contribution in [1.82, 2.24) is 20.4 Å². The zero-order valence-electron chi connectivity index (χ0n) is 14.4. The number of rotatable bonds is 6. The number of hydrogen-bond acceptors (Lipinski definition) is 4. The molecule has 0 aliphatic carbocycles. The number of halogens is 1. The standard InChI is InChI=1S/C16H29N5O.HI/c1-17-16(19-13-15-5-4-12-22-15)18-8-11-21-9-6-14(7-10-21)20(2)3;/h4-5,12,14H,6-11,13H2,1-3H3,(H2,17,18,19);1H. The molecule has 1 aliphatic rings. The Bertz CT molecular complexity index is 441. The van der Waals surface area contributed by atoms with E-state index in [0.29, 0.717) is 6.54 Å². The summed E-state index contributed by atoms with van der Waals surface area (Å²) in [6.45, 7) is 4.98. The van der Waals surface area contributed by atoms with E-state index in [0.717, 1.165) is 30.9 Å². The highest BCUT2D eigenvalue weighted by Crippen LogP contribution is 2.13. The maximum absolute atomic E-state index is 5.30. The van der Waals surface area contributed by atoms with Crippen LogP contribution < -0.4 is 10.6 Å². The molecule has 6 nitrogen and oxygen atoms in total. The van der Waals surface area contributed by atoms with E-state index >= 15 is 0 Å². The maximum atomic E-state index is 5.30. The molecule has 0 aromatic carbocycles. The highest BCUT2D eigenvalue weighted by Gasteiger charge is 2.19. The van der Waals surface area contributed by atoms with Gasteiger partial charge in [0, 0.05) is 26.2 Å². The minimum absolute atomic E-state index is 0. The summed E-state index contributed by atoms with van der Waals surface area (Å²) in [7, 11) is 6.15. The van der Waals surface area contributed by atoms with Crippen LogP contribution >= 0.6 is 24.0 Å². The van der Waals surface area contributed by atoms with Gasteiger partial charge < -0.3 is 24.9 Å². The van der Waals surface area contributed by atoms with Gasteiger partial charge in [-0.05, 0) is 52.2 Å². The van der Waals surface area contributed by atoms with Gasteiger partial charge in [0.25, 0.3) is 0 Å². The molecule has 1 aromatic rings. The molecule has 1 aromatic heterocycles. The summed E-state index contributed by atoms with van der Waals surface area (Å²) in [6, 6.07) is 4.59. The van der Waals surface area contributed by atoms with Crippen molar-refractivity contribution in [3.8, 4) is 0 Å². The van der Waals surface area contributed by atoms with E-state index in [1.807, 2.05) is 12.1 Å². The Kier molecular flexibility index (Phi) is 9.57. The van der Waals surface area contributed by atoms with Gasteiger partial charge in [0.2, 0.25) is 0 Å². The summed E-state index contributed by atoms with van der Waals surface area (Å²) < 4.78 is 5.30. The first kappa shape index (κ1) is 20.2. The van der Waals surface area contributed by atoms with Crippen LogP contribution in [-0.2, 0) is 6.54 Å². The second-order valence-electron chi connectivity index (χ2n) is 5.97. The van der Waals surface area contributed by atoms with E-state index in [4.69, 9.17) is 4.42 Å². The van der Waals surface area contributed by atoms with Crippen LogP contribution in [0.1, 0.15) is 18.6 Å². The fourth-order valence-corrected chi connectivity index (χ4v) is 2.80. The number of aliphatic imine (C=N–C) groups is 1. The van der Waals surface area contributed by atoms with Crippen LogP contribution in [0.25, 0.3) is 0 Å². The molecule has 132 valence electrons. The lowest BCUT2D eigenvalue weighted by atomic mass is 10.0. The smallest absolute Gasteiger partial charge is 0.191 e. The molecule has 2 heterocycles. The Morgan fingerprint density at radius 3 is 2.65 bits per heavy atom. The number of piperidine rings is 1. The number of likely N-dealkylation sites (tertiary alicyclic amines) is 1. The van der Waals surface area contributed by atoms with E-state index in [9.17, 15) is 0 Å². The Labute approximate surface area is 156 Å². The molecule has 1 saturated heterocycles. The monoisotopic (exact) mass is 435 g/mol. The molecule has 1 fully saturated rings. The van der Waals surface area contributed by atoms with Gasteiger partial charge >= 0.3 is 0 Å². The van der Waals surface area contributed by atoms with Crippen LogP contribution in [0.5, 0.6) is 0 Å². The van der Waals surface area contributed by atoms with Crippen molar-refractivity contribution in [2.24, 2.45) is 4.99 Å². The third-order valence-electron chi connectivity index (χ3n) is 4.24. The van der Waals surface area contributed by atoms with Gasteiger partial charge in [-0.1, -0.05) is 0 Å². The van der Waals surface area contributed by atoms with Crippen LogP contribution in [0.4, 0.5) is 0 Å². The van der Waals surface area contributed by atoms with Gasteiger partial charge in [0.15, 0.2) is 5.96 Å². The molecule has 0 saturated carbocycles. The number of nitrogens with zero attached hydrogens (tertiary/aromatic N) is 3. The molecule has 7 heteroatoms. The predicted molar refractivity (Wildman–Crippen MR) is 105 cm³/mol. The molecular formula is C16H30IN5O. The van der Waals surface area contributed by atoms with E-state index in [1.54, 1.807) is 13.3 Å². The van der Waals surface area contributed by atoms with Gasteiger partial charge in [-0.25, -0.2) is 0 Å². The van der Waals surface area contributed by atoms with Gasteiger partial charge in [-0.15, -0.1) is 24.0 Å². The highest BCUT2D eigenvalue weighted by atomic mass is 127. The van der Waals surface area contributed by atoms with Gasteiger partial charge in [0.1, 0.15) is 5.76 Å². The predicted octanol–water partition coefficient (Wildman–Crippen LogP) is 1.59. The zero-order chi connectivity index (χ0) is 15.8. The minimum Gasteiger partial charge on any atom is -0.467 e. The Morgan fingerprint density at radius 1 is 1.35 bits per heavy atom. The highest BCUT2D eigenvalue weighted by molar-refractivity contribution is 14.0. The zero-order valence-corrected chi connectivity index (χ0v) is 16.7. The molecule has 2 N–H and O–H groups in total. The molecule has 2 rings (SSSR count). The first-order valence-electron chi connectivity index (χ1n) is 8.04.